The maximum Gasteiger partial charge on any atom is 0.257 e. The number of carbonyl (C=O) groups is 1. The zero-order chi connectivity index (χ0) is 14.7. The average molecular weight is 294 g/mol. The number of hydrogen-bond donors (Lipinski definition) is 1. The fourth-order valence-electron chi connectivity index (χ4n) is 1.89. The standard InChI is InChI=1S/C14H16ClN3O2/c1-17(6-5-10-8-16-18(2)9-10)14(20)12-4-3-11(15)7-13(12)19/h3-4,7-9,19H,5-6H2,1-2H3. The molecular weight excluding hydrogens is 278 g/mol. The van der Waals surface area contributed by atoms with Crippen LogP contribution in [0.3, 0.4) is 0 Å². The molecule has 1 N–H and O–H groups in total. The second kappa shape index (κ2) is 5.96. The lowest BCUT2D eigenvalue weighted by Gasteiger charge is -2.17. The molecule has 1 amide bonds. The molecule has 0 bridgehead atoms. The van der Waals surface area contributed by atoms with Gasteiger partial charge in [0.05, 0.1) is 11.8 Å². The molecule has 2 rings (SSSR count). The molecule has 106 valence electrons. The van der Waals surface area contributed by atoms with Gasteiger partial charge in [-0.15, -0.1) is 0 Å². The number of amides is 1. The molecule has 0 spiro atoms. The molecule has 20 heavy (non-hydrogen) atoms. The number of likely N-dealkylation sites (N-methyl/N-ethyl adjacent to an activating group) is 1. The van der Waals surface area contributed by atoms with Gasteiger partial charge >= 0.3 is 0 Å². The number of aromatic nitrogens is 2. The van der Waals surface area contributed by atoms with E-state index in [9.17, 15) is 9.90 Å². The van der Waals surface area contributed by atoms with Crippen molar-refractivity contribution in [2.75, 3.05) is 13.6 Å². The number of carbonyl (C=O) groups excluding carboxylic acids is 1. The third kappa shape index (κ3) is 3.30. The van der Waals surface area contributed by atoms with Gasteiger partial charge < -0.3 is 10.0 Å². The second-order valence-corrected chi connectivity index (χ2v) is 5.10. The Labute approximate surface area is 122 Å². The average Bonchev–Trinajstić information content (AvgIpc) is 2.81. The summed E-state index contributed by atoms with van der Waals surface area (Å²) < 4.78 is 1.72. The lowest BCUT2D eigenvalue weighted by molar-refractivity contribution is 0.0793. The summed E-state index contributed by atoms with van der Waals surface area (Å²) in [5.74, 6) is -0.334. The zero-order valence-electron chi connectivity index (χ0n) is 11.4. The minimum Gasteiger partial charge on any atom is -0.507 e. The fourth-order valence-corrected chi connectivity index (χ4v) is 2.06. The van der Waals surface area contributed by atoms with Gasteiger partial charge in [0, 0.05) is 31.9 Å². The Hall–Kier alpha value is -2.01. The first-order valence-electron chi connectivity index (χ1n) is 6.19. The van der Waals surface area contributed by atoms with Crippen LogP contribution in [-0.2, 0) is 13.5 Å². The van der Waals surface area contributed by atoms with Crippen LogP contribution in [-0.4, -0.2) is 39.3 Å². The van der Waals surface area contributed by atoms with Crippen molar-refractivity contribution in [3.63, 3.8) is 0 Å². The molecule has 0 atom stereocenters. The highest BCUT2D eigenvalue weighted by molar-refractivity contribution is 6.30. The molecule has 6 heteroatoms. The highest BCUT2D eigenvalue weighted by Gasteiger charge is 2.16. The second-order valence-electron chi connectivity index (χ2n) is 4.66. The van der Waals surface area contributed by atoms with Crippen LogP contribution >= 0.6 is 11.6 Å². The Bertz CT molecular complexity index is 625. The first kappa shape index (κ1) is 14.4. The van der Waals surface area contributed by atoms with Gasteiger partial charge in [0.2, 0.25) is 0 Å². The molecule has 1 aromatic heterocycles. The van der Waals surface area contributed by atoms with Gasteiger partial charge in [-0.05, 0) is 30.2 Å². The van der Waals surface area contributed by atoms with Crippen LogP contribution in [0.1, 0.15) is 15.9 Å². The summed E-state index contributed by atoms with van der Waals surface area (Å²) in [5, 5.41) is 14.2. The number of rotatable bonds is 4. The van der Waals surface area contributed by atoms with Crippen molar-refractivity contribution in [3.8, 4) is 5.75 Å². The Morgan fingerprint density at radius 3 is 2.85 bits per heavy atom. The Morgan fingerprint density at radius 1 is 1.50 bits per heavy atom. The van der Waals surface area contributed by atoms with Crippen LogP contribution < -0.4 is 0 Å². The van der Waals surface area contributed by atoms with Crippen molar-refractivity contribution < 1.29 is 9.90 Å². The summed E-state index contributed by atoms with van der Waals surface area (Å²) in [6, 6.07) is 4.48. The van der Waals surface area contributed by atoms with Crippen LogP contribution in [0, 0.1) is 0 Å². The number of aromatic hydroxyl groups is 1. The summed E-state index contributed by atoms with van der Waals surface area (Å²) in [5.41, 5.74) is 1.32. The maximum absolute atomic E-state index is 12.2. The van der Waals surface area contributed by atoms with Gasteiger partial charge in [-0.2, -0.15) is 5.10 Å². The highest BCUT2D eigenvalue weighted by atomic mass is 35.5. The van der Waals surface area contributed by atoms with Crippen molar-refractivity contribution in [1.82, 2.24) is 14.7 Å². The zero-order valence-corrected chi connectivity index (χ0v) is 12.1. The summed E-state index contributed by atoms with van der Waals surface area (Å²) >= 11 is 5.75. The molecule has 0 aliphatic rings. The van der Waals surface area contributed by atoms with Crippen LogP contribution in [0.25, 0.3) is 0 Å². The van der Waals surface area contributed by atoms with Gasteiger partial charge in [-0.25, -0.2) is 0 Å². The van der Waals surface area contributed by atoms with Gasteiger partial charge in [0.1, 0.15) is 5.75 Å². The molecule has 0 saturated heterocycles. The maximum atomic E-state index is 12.2. The number of halogens is 1. The SMILES string of the molecule is CN(CCc1cnn(C)c1)C(=O)c1ccc(Cl)cc1O. The fraction of sp³-hybridized carbons (Fsp3) is 0.286. The van der Waals surface area contributed by atoms with Gasteiger partial charge in [-0.1, -0.05) is 11.6 Å². The van der Waals surface area contributed by atoms with E-state index in [4.69, 9.17) is 11.6 Å². The predicted molar refractivity (Wildman–Crippen MR) is 77.0 cm³/mol. The highest BCUT2D eigenvalue weighted by Crippen LogP contribution is 2.23. The number of aryl methyl sites for hydroxylation is 1. The van der Waals surface area contributed by atoms with Crippen molar-refractivity contribution >= 4 is 17.5 Å². The van der Waals surface area contributed by atoms with E-state index in [0.29, 0.717) is 18.0 Å². The number of nitrogens with zero attached hydrogens (tertiary/aromatic N) is 3. The molecule has 1 heterocycles. The molecule has 0 aliphatic carbocycles. The molecular formula is C14H16ClN3O2. The van der Waals surface area contributed by atoms with Crippen molar-refractivity contribution in [1.29, 1.82) is 0 Å². The van der Waals surface area contributed by atoms with Crippen LogP contribution in [0.5, 0.6) is 5.75 Å². The van der Waals surface area contributed by atoms with E-state index in [0.717, 1.165) is 5.56 Å². The summed E-state index contributed by atoms with van der Waals surface area (Å²) in [7, 11) is 3.55. The summed E-state index contributed by atoms with van der Waals surface area (Å²) in [6.45, 7) is 0.548. The van der Waals surface area contributed by atoms with Crippen LogP contribution in [0.4, 0.5) is 0 Å². The van der Waals surface area contributed by atoms with Crippen molar-refractivity contribution in [2.45, 2.75) is 6.42 Å². The normalized spacial score (nSPS) is 10.6. The first-order valence-corrected chi connectivity index (χ1v) is 6.56. The summed E-state index contributed by atoms with van der Waals surface area (Å²) in [6.07, 6.45) is 4.40. The van der Waals surface area contributed by atoms with E-state index in [2.05, 4.69) is 5.10 Å². The summed E-state index contributed by atoms with van der Waals surface area (Å²) in [4.78, 5) is 13.8. The largest absolute Gasteiger partial charge is 0.507 e. The minimum atomic E-state index is -0.233. The van der Waals surface area contributed by atoms with E-state index in [1.807, 2.05) is 13.2 Å². The number of benzene rings is 1. The molecule has 0 radical (unpaired) electrons. The monoisotopic (exact) mass is 293 g/mol. The lowest BCUT2D eigenvalue weighted by atomic mass is 10.1. The Balaban J connectivity index is 2.01. The van der Waals surface area contributed by atoms with E-state index < -0.39 is 0 Å². The smallest absolute Gasteiger partial charge is 0.257 e. The Kier molecular flexibility index (Phi) is 4.29. The third-order valence-electron chi connectivity index (χ3n) is 3.03. The third-order valence-corrected chi connectivity index (χ3v) is 3.27. The number of phenolic OH excluding ortho intramolecular Hbond substituents is 1. The molecule has 0 aliphatic heterocycles. The molecule has 0 fully saturated rings. The van der Waals surface area contributed by atoms with Crippen molar-refractivity contribution in [3.05, 3.63) is 46.7 Å². The van der Waals surface area contributed by atoms with Gasteiger partial charge in [0.15, 0.2) is 0 Å². The molecule has 2 aromatic rings. The molecule has 0 saturated carbocycles. The van der Waals surface area contributed by atoms with Gasteiger partial charge in [0.25, 0.3) is 5.91 Å². The Morgan fingerprint density at radius 2 is 2.25 bits per heavy atom. The lowest BCUT2D eigenvalue weighted by Crippen LogP contribution is -2.28. The van der Waals surface area contributed by atoms with E-state index >= 15 is 0 Å². The molecule has 0 unspecified atom stereocenters. The van der Waals surface area contributed by atoms with Crippen molar-refractivity contribution in [2.24, 2.45) is 7.05 Å². The molecule has 1 aromatic carbocycles. The minimum absolute atomic E-state index is 0.101. The quantitative estimate of drug-likeness (QED) is 0.939. The topological polar surface area (TPSA) is 58.4 Å². The van der Waals surface area contributed by atoms with Crippen LogP contribution in [0.2, 0.25) is 5.02 Å². The first-order chi connectivity index (χ1) is 9.47. The number of hydrogen-bond acceptors (Lipinski definition) is 3. The van der Waals surface area contributed by atoms with Crippen LogP contribution in [0.15, 0.2) is 30.6 Å². The van der Waals surface area contributed by atoms with E-state index in [1.54, 1.807) is 28.9 Å². The number of phenols is 1. The molecule has 5 nitrogen and oxygen atoms in total. The van der Waals surface area contributed by atoms with Gasteiger partial charge in [-0.3, -0.25) is 9.48 Å². The van der Waals surface area contributed by atoms with E-state index in [1.165, 1.54) is 12.1 Å². The van der Waals surface area contributed by atoms with E-state index in [-0.39, 0.29) is 17.2 Å². The predicted octanol–water partition coefficient (Wildman–Crippen LogP) is 2.09.